The van der Waals surface area contributed by atoms with Gasteiger partial charge in [0.25, 0.3) is 5.56 Å². The van der Waals surface area contributed by atoms with Crippen molar-refractivity contribution in [3.63, 3.8) is 0 Å². The van der Waals surface area contributed by atoms with Gasteiger partial charge in [0.2, 0.25) is 5.91 Å². The Hall–Kier alpha value is -3.61. The van der Waals surface area contributed by atoms with Crippen molar-refractivity contribution in [2.24, 2.45) is 0 Å². The normalized spacial score (nSPS) is 10.8. The van der Waals surface area contributed by atoms with Crippen molar-refractivity contribution in [3.8, 4) is 16.8 Å². The van der Waals surface area contributed by atoms with Crippen LogP contribution < -0.4 is 16.6 Å². The number of benzene rings is 3. The summed E-state index contributed by atoms with van der Waals surface area (Å²) in [6, 6.07) is 19.6. The molecule has 1 amide bonds. The van der Waals surface area contributed by atoms with Gasteiger partial charge in [-0.2, -0.15) is 0 Å². The van der Waals surface area contributed by atoms with Crippen LogP contribution in [0.5, 0.6) is 0 Å². The van der Waals surface area contributed by atoms with Gasteiger partial charge in [-0.05, 0) is 59.5 Å². The van der Waals surface area contributed by atoms with Gasteiger partial charge < -0.3 is 5.32 Å². The van der Waals surface area contributed by atoms with Crippen molar-refractivity contribution in [3.05, 3.63) is 115 Å². The van der Waals surface area contributed by atoms with Crippen LogP contribution >= 0.6 is 23.2 Å². The molecule has 2 N–H and O–H groups in total. The molecule has 0 atom stereocenters. The van der Waals surface area contributed by atoms with Gasteiger partial charge >= 0.3 is 5.69 Å². The third-order valence-corrected chi connectivity index (χ3v) is 5.87. The standard InChI is InChI=1S/C25H19Cl2N3O3/c1-15-11-19(30-10-9-23(31)29-25(30)33)6-8-22(15)28-24(32)13-16-3-2-4-17(12-16)18-5-7-20(26)21(27)14-18/h2-12,14H,13H2,1H3,(H,28,32)(H,29,31,33). The smallest absolute Gasteiger partial charge is 0.326 e. The lowest BCUT2D eigenvalue weighted by atomic mass is 10.0. The molecule has 0 saturated heterocycles. The molecule has 6 nitrogen and oxygen atoms in total. The van der Waals surface area contributed by atoms with E-state index >= 15 is 0 Å². The zero-order valence-electron chi connectivity index (χ0n) is 17.6. The summed E-state index contributed by atoms with van der Waals surface area (Å²) in [4.78, 5) is 38.2. The summed E-state index contributed by atoms with van der Waals surface area (Å²) in [5.41, 5.74) is 3.72. The predicted octanol–water partition coefficient (Wildman–Crippen LogP) is 4.99. The predicted molar refractivity (Wildman–Crippen MR) is 132 cm³/mol. The molecule has 33 heavy (non-hydrogen) atoms. The summed E-state index contributed by atoms with van der Waals surface area (Å²) in [7, 11) is 0. The maximum atomic E-state index is 12.7. The van der Waals surface area contributed by atoms with Gasteiger partial charge in [-0.1, -0.05) is 53.5 Å². The Balaban J connectivity index is 1.49. The van der Waals surface area contributed by atoms with Gasteiger partial charge in [-0.3, -0.25) is 19.1 Å². The van der Waals surface area contributed by atoms with E-state index in [-0.39, 0.29) is 12.3 Å². The number of halogens is 2. The Morgan fingerprint density at radius 1 is 0.939 bits per heavy atom. The third-order valence-electron chi connectivity index (χ3n) is 5.13. The number of aryl methyl sites for hydroxylation is 1. The molecule has 0 aliphatic carbocycles. The van der Waals surface area contributed by atoms with E-state index in [4.69, 9.17) is 23.2 Å². The SMILES string of the molecule is Cc1cc(-n2ccc(=O)[nH]c2=O)ccc1NC(=O)Cc1cccc(-c2ccc(Cl)c(Cl)c2)c1. The third kappa shape index (κ3) is 5.25. The number of aromatic amines is 1. The lowest BCUT2D eigenvalue weighted by molar-refractivity contribution is -0.115. The number of aromatic nitrogens is 2. The van der Waals surface area contributed by atoms with Gasteiger partial charge in [0.1, 0.15) is 0 Å². The number of nitrogens with one attached hydrogen (secondary N) is 2. The highest BCUT2D eigenvalue weighted by molar-refractivity contribution is 6.42. The minimum atomic E-state index is -0.527. The number of carbonyl (C=O) groups is 1. The van der Waals surface area contributed by atoms with Crippen LogP contribution in [0.2, 0.25) is 10.0 Å². The van der Waals surface area contributed by atoms with Crippen LogP contribution in [-0.2, 0) is 11.2 Å². The zero-order chi connectivity index (χ0) is 23.5. The van der Waals surface area contributed by atoms with Crippen molar-refractivity contribution < 1.29 is 4.79 Å². The van der Waals surface area contributed by atoms with Crippen molar-refractivity contribution in [1.82, 2.24) is 9.55 Å². The molecule has 0 aliphatic heterocycles. The van der Waals surface area contributed by atoms with Crippen LogP contribution in [-0.4, -0.2) is 15.5 Å². The monoisotopic (exact) mass is 479 g/mol. The summed E-state index contributed by atoms with van der Waals surface area (Å²) in [5, 5.41) is 3.88. The van der Waals surface area contributed by atoms with Gasteiger partial charge in [0.05, 0.1) is 22.2 Å². The van der Waals surface area contributed by atoms with Crippen LogP contribution in [0.25, 0.3) is 16.8 Å². The molecule has 1 aromatic heterocycles. The number of hydrogen-bond donors (Lipinski definition) is 2. The molecule has 0 bridgehead atoms. The molecule has 3 aromatic carbocycles. The number of nitrogens with zero attached hydrogens (tertiary/aromatic N) is 1. The average Bonchev–Trinajstić information content (AvgIpc) is 2.77. The van der Waals surface area contributed by atoms with Crippen LogP contribution in [0.3, 0.4) is 0 Å². The largest absolute Gasteiger partial charge is 0.332 e. The highest BCUT2D eigenvalue weighted by atomic mass is 35.5. The molecule has 1 heterocycles. The van der Waals surface area contributed by atoms with Crippen LogP contribution in [0.4, 0.5) is 5.69 Å². The molecule has 0 aliphatic rings. The van der Waals surface area contributed by atoms with E-state index in [1.54, 1.807) is 30.3 Å². The summed E-state index contributed by atoms with van der Waals surface area (Å²) < 4.78 is 1.33. The highest BCUT2D eigenvalue weighted by Crippen LogP contribution is 2.29. The molecular weight excluding hydrogens is 461 g/mol. The number of H-pyrrole nitrogens is 1. The van der Waals surface area contributed by atoms with E-state index < -0.39 is 11.2 Å². The second-order valence-electron chi connectivity index (χ2n) is 7.53. The van der Waals surface area contributed by atoms with Crippen molar-refractivity contribution >= 4 is 34.8 Å². The van der Waals surface area contributed by atoms with Crippen LogP contribution in [0.1, 0.15) is 11.1 Å². The number of anilines is 1. The lowest BCUT2D eigenvalue weighted by Crippen LogP contribution is -2.27. The second kappa shape index (κ2) is 9.48. The molecule has 0 fully saturated rings. The highest BCUT2D eigenvalue weighted by Gasteiger charge is 2.10. The van der Waals surface area contributed by atoms with Gasteiger partial charge in [0.15, 0.2) is 0 Å². The van der Waals surface area contributed by atoms with Gasteiger partial charge in [0, 0.05) is 18.0 Å². The minimum Gasteiger partial charge on any atom is -0.326 e. The number of amides is 1. The van der Waals surface area contributed by atoms with Gasteiger partial charge in [-0.15, -0.1) is 0 Å². The van der Waals surface area contributed by atoms with Crippen molar-refractivity contribution in [2.75, 3.05) is 5.32 Å². The Morgan fingerprint density at radius 3 is 2.45 bits per heavy atom. The fourth-order valence-electron chi connectivity index (χ4n) is 3.47. The maximum absolute atomic E-state index is 12.7. The zero-order valence-corrected chi connectivity index (χ0v) is 19.1. The molecule has 0 unspecified atom stereocenters. The molecule has 0 spiro atoms. The van der Waals surface area contributed by atoms with E-state index in [1.807, 2.05) is 37.3 Å². The molecule has 0 radical (unpaired) electrons. The Morgan fingerprint density at radius 2 is 1.73 bits per heavy atom. The summed E-state index contributed by atoms with van der Waals surface area (Å²) >= 11 is 12.1. The first-order valence-electron chi connectivity index (χ1n) is 10.1. The summed E-state index contributed by atoms with van der Waals surface area (Å²) in [5.74, 6) is -0.168. The Bertz CT molecular complexity index is 1470. The van der Waals surface area contributed by atoms with Crippen LogP contribution in [0.15, 0.2) is 82.5 Å². The molecule has 4 rings (SSSR count). The van der Waals surface area contributed by atoms with Crippen LogP contribution in [0, 0.1) is 6.92 Å². The summed E-state index contributed by atoms with van der Waals surface area (Å²) in [6.45, 7) is 1.83. The van der Waals surface area contributed by atoms with Crippen molar-refractivity contribution in [1.29, 1.82) is 0 Å². The topological polar surface area (TPSA) is 84.0 Å². The number of hydrogen-bond acceptors (Lipinski definition) is 3. The van der Waals surface area contributed by atoms with E-state index in [2.05, 4.69) is 10.3 Å². The molecular formula is C25H19Cl2N3O3. The lowest BCUT2D eigenvalue weighted by Gasteiger charge is -2.12. The minimum absolute atomic E-state index is 0.168. The quantitative estimate of drug-likeness (QED) is 0.422. The fraction of sp³-hybridized carbons (Fsp3) is 0.0800. The Labute approximate surface area is 199 Å². The van der Waals surface area contributed by atoms with E-state index in [0.29, 0.717) is 21.4 Å². The average molecular weight is 480 g/mol. The first-order chi connectivity index (χ1) is 15.8. The first kappa shape index (κ1) is 22.6. The number of rotatable bonds is 5. The number of carbonyl (C=O) groups excluding carboxylic acids is 1. The van der Waals surface area contributed by atoms with Gasteiger partial charge in [-0.25, -0.2) is 4.79 Å². The second-order valence-corrected chi connectivity index (χ2v) is 8.35. The molecule has 0 saturated carbocycles. The van der Waals surface area contributed by atoms with E-state index in [0.717, 1.165) is 22.3 Å². The summed E-state index contributed by atoms with van der Waals surface area (Å²) in [6.07, 6.45) is 1.60. The van der Waals surface area contributed by atoms with Crippen molar-refractivity contribution in [2.45, 2.75) is 13.3 Å². The first-order valence-corrected chi connectivity index (χ1v) is 10.8. The Kier molecular flexibility index (Phi) is 6.49. The van der Waals surface area contributed by atoms with E-state index in [9.17, 15) is 14.4 Å². The molecule has 4 aromatic rings. The molecule has 8 heteroatoms. The maximum Gasteiger partial charge on any atom is 0.332 e. The fourth-order valence-corrected chi connectivity index (χ4v) is 3.77. The van der Waals surface area contributed by atoms with E-state index in [1.165, 1.54) is 16.8 Å². The molecule has 166 valence electrons.